The number of rotatable bonds is 5. The van der Waals surface area contributed by atoms with Gasteiger partial charge in [-0.15, -0.1) is 0 Å². The van der Waals surface area contributed by atoms with Gasteiger partial charge in [0.05, 0.1) is 0 Å². The van der Waals surface area contributed by atoms with Crippen molar-refractivity contribution in [3.8, 4) is 0 Å². The fraction of sp³-hybridized carbons (Fsp3) is 0.440. The van der Waals surface area contributed by atoms with Gasteiger partial charge in [-0.25, -0.2) is 0 Å². The molecule has 0 bridgehead atoms. The van der Waals surface area contributed by atoms with Crippen molar-refractivity contribution in [1.29, 1.82) is 0 Å². The van der Waals surface area contributed by atoms with Gasteiger partial charge in [0.15, 0.2) is 0 Å². The van der Waals surface area contributed by atoms with Crippen molar-refractivity contribution in [1.82, 2.24) is 10.2 Å². The summed E-state index contributed by atoms with van der Waals surface area (Å²) in [5.74, 6) is -0.0326. The van der Waals surface area contributed by atoms with E-state index in [-0.39, 0.29) is 17.2 Å². The standard InChI is InChI=1S/C25H33N3O2/c1-19-6-5-7-22(18-19)27-14-16-28(17-15-27)23(29)12-13-26-24(30)20-8-10-21(11-9-20)25(2,3)4/h5-11,18H,12-17H2,1-4H3,(H,26,30). The molecule has 30 heavy (non-hydrogen) atoms. The summed E-state index contributed by atoms with van der Waals surface area (Å²) in [5.41, 5.74) is 4.34. The Labute approximate surface area is 180 Å². The van der Waals surface area contributed by atoms with Gasteiger partial charge < -0.3 is 15.1 Å². The summed E-state index contributed by atoms with van der Waals surface area (Å²) in [5, 5.41) is 2.87. The number of carbonyl (C=O) groups is 2. The van der Waals surface area contributed by atoms with Crippen molar-refractivity contribution in [2.75, 3.05) is 37.6 Å². The molecule has 0 spiro atoms. The van der Waals surface area contributed by atoms with Gasteiger partial charge in [-0.3, -0.25) is 9.59 Å². The number of hydrogen-bond donors (Lipinski definition) is 1. The topological polar surface area (TPSA) is 52.6 Å². The predicted molar refractivity (Wildman–Crippen MR) is 122 cm³/mol. The fourth-order valence-electron chi connectivity index (χ4n) is 3.70. The second-order valence-corrected chi connectivity index (χ2v) is 9.04. The van der Waals surface area contributed by atoms with Gasteiger partial charge >= 0.3 is 0 Å². The molecule has 0 radical (unpaired) electrons. The predicted octanol–water partition coefficient (Wildman–Crippen LogP) is 3.76. The third kappa shape index (κ3) is 5.62. The molecule has 1 saturated heterocycles. The minimum atomic E-state index is -0.132. The first kappa shape index (κ1) is 21.9. The molecule has 0 aromatic heterocycles. The molecular weight excluding hydrogens is 374 g/mol. The molecule has 1 aliphatic heterocycles. The number of aryl methyl sites for hydroxylation is 1. The Hall–Kier alpha value is -2.82. The lowest BCUT2D eigenvalue weighted by Crippen LogP contribution is -2.49. The highest BCUT2D eigenvalue weighted by Gasteiger charge is 2.21. The highest BCUT2D eigenvalue weighted by molar-refractivity contribution is 5.94. The molecule has 2 amide bonds. The van der Waals surface area contributed by atoms with Crippen LogP contribution < -0.4 is 10.2 Å². The van der Waals surface area contributed by atoms with E-state index in [1.807, 2.05) is 29.2 Å². The number of hydrogen-bond acceptors (Lipinski definition) is 3. The number of amides is 2. The number of nitrogens with one attached hydrogen (secondary N) is 1. The summed E-state index contributed by atoms with van der Waals surface area (Å²) in [6.45, 7) is 12.0. The zero-order valence-corrected chi connectivity index (χ0v) is 18.6. The van der Waals surface area contributed by atoms with Gasteiger partial charge in [0.1, 0.15) is 0 Å². The summed E-state index contributed by atoms with van der Waals surface area (Å²) in [6, 6.07) is 16.2. The molecule has 5 nitrogen and oxygen atoms in total. The van der Waals surface area contributed by atoms with Gasteiger partial charge in [0, 0.05) is 50.4 Å². The molecule has 5 heteroatoms. The van der Waals surface area contributed by atoms with Gasteiger partial charge in [-0.1, -0.05) is 45.0 Å². The van der Waals surface area contributed by atoms with Crippen LogP contribution in [0.1, 0.15) is 48.7 Å². The summed E-state index contributed by atoms with van der Waals surface area (Å²) in [4.78, 5) is 29.1. The lowest BCUT2D eigenvalue weighted by molar-refractivity contribution is -0.131. The van der Waals surface area contributed by atoms with Crippen molar-refractivity contribution in [3.05, 3.63) is 65.2 Å². The maximum absolute atomic E-state index is 12.5. The fourth-order valence-corrected chi connectivity index (χ4v) is 3.70. The number of piperazine rings is 1. The van der Waals surface area contributed by atoms with Crippen LogP contribution in [0.3, 0.4) is 0 Å². The van der Waals surface area contributed by atoms with E-state index in [9.17, 15) is 9.59 Å². The molecule has 0 unspecified atom stereocenters. The molecule has 0 atom stereocenters. The normalized spacial score (nSPS) is 14.5. The van der Waals surface area contributed by atoms with E-state index < -0.39 is 0 Å². The molecule has 2 aromatic rings. The van der Waals surface area contributed by atoms with E-state index in [1.54, 1.807) is 0 Å². The molecule has 2 aromatic carbocycles. The van der Waals surface area contributed by atoms with Crippen LogP contribution >= 0.6 is 0 Å². The first-order valence-electron chi connectivity index (χ1n) is 10.7. The van der Waals surface area contributed by atoms with E-state index >= 15 is 0 Å². The quantitative estimate of drug-likeness (QED) is 0.821. The van der Waals surface area contributed by atoms with Crippen molar-refractivity contribution in [2.45, 2.75) is 39.5 Å². The molecule has 1 N–H and O–H groups in total. The Kier molecular flexibility index (Phi) is 6.80. The highest BCUT2D eigenvalue weighted by Crippen LogP contribution is 2.22. The molecule has 1 heterocycles. The second-order valence-electron chi connectivity index (χ2n) is 9.04. The third-order valence-electron chi connectivity index (χ3n) is 5.64. The second kappa shape index (κ2) is 9.33. The molecule has 3 rings (SSSR count). The van der Waals surface area contributed by atoms with Gasteiger partial charge in [-0.2, -0.15) is 0 Å². The third-order valence-corrected chi connectivity index (χ3v) is 5.64. The number of benzene rings is 2. The van der Waals surface area contributed by atoms with E-state index in [4.69, 9.17) is 0 Å². The summed E-state index contributed by atoms with van der Waals surface area (Å²) in [7, 11) is 0. The maximum Gasteiger partial charge on any atom is 0.251 e. The number of anilines is 1. The first-order chi connectivity index (χ1) is 14.2. The van der Waals surface area contributed by atoms with Crippen LogP contribution in [-0.2, 0) is 10.2 Å². The Balaban J connectivity index is 1.42. The molecule has 1 fully saturated rings. The van der Waals surface area contributed by atoms with Crippen molar-refractivity contribution < 1.29 is 9.59 Å². The molecule has 1 aliphatic rings. The van der Waals surface area contributed by atoms with Gasteiger partial charge in [0.2, 0.25) is 5.91 Å². The lowest BCUT2D eigenvalue weighted by atomic mass is 9.87. The van der Waals surface area contributed by atoms with Gasteiger partial charge in [0.25, 0.3) is 5.91 Å². The summed E-state index contributed by atoms with van der Waals surface area (Å²) >= 11 is 0. The van der Waals surface area contributed by atoms with Crippen molar-refractivity contribution in [2.24, 2.45) is 0 Å². The zero-order valence-electron chi connectivity index (χ0n) is 18.6. The van der Waals surface area contributed by atoms with Crippen LogP contribution in [0.15, 0.2) is 48.5 Å². The lowest BCUT2D eigenvalue weighted by Gasteiger charge is -2.36. The molecule has 160 valence electrons. The van der Waals surface area contributed by atoms with Gasteiger partial charge in [-0.05, 0) is 47.7 Å². The smallest absolute Gasteiger partial charge is 0.251 e. The molecular formula is C25H33N3O2. The summed E-state index contributed by atoms with van der Waals surface area (Å²) < 4.78 is 0. The Morgan fingerprint density at radius 2 is 1.63 bits per heavy atom. The summed E-state index contributed by atoms with van der Waals surface area (Å²) in [6.07, 6.45) is 0.330. The minimum absolute atomic E-state index is 0.0603. The largest absolute Gasteiger partial charge is 0.368 e. The van der Waals surface area contributed by atoms with Crippen molar-refractivity contribution >= 4 is 17.5 Å². The SMILES string of the molecule is Cc1cccc(N2CCN(C(=O)CCNC(=O)c3ccc(C(C)(C)C)cc3)CC2)c1. The zero-order chi connectivity index (χ0) is 21.7. The van der Waals surface area contributed by atoms with Crippen LogP contribution in [-0.4, -0.2) is 49.4 Å². The Morgan fingerprint density at radius 1 is 0.967 bits per heavy atom. The minimum Gasteiger partial charge on any atom is -0.368 e. The first-order valence-corrected chi connectivity index (χ1v) is 10.7. The van der Waals surface area contributed by atoms with E-state index in [2.05, 4.69) is 62.2 Å². The van der Waals surface area contributed by atoms with E-state index in [0.29, 0.717) is 18.5 Å². The van der Waals surface area contributed by atoms with E-state index in [0.717, 1.165) is 26.2 Å². The molecule has 0 saturated carbocycles. The van der Waals surface area contributed by atoms with Crippen LogP contribution in [0.2, 0.25) is 0 Å². The average molecular weight is 408 g/mol. The highest BCUT2D eigenvalue weighted by atomic mass is 16.2. The van der Waals surface area contributed by atoms with Crippen LogP contribution in [0.4, 0.5) is 5.69 Å². The van der Waals surface area contributed by atoms with E-state index in [1.165, 1.54) is 16.8 Å². The maximum atomic E-state index is 12.5. The van der Waals surface area contributed by atoms with Crippen molar-refractivity contribution in [3.63, 3.8) is 0 Å². The Morgan fingerprint density at radius 3 is 2.23 bits per heavy atom. The Bertz CT molecular complexity index is 876. The average Bonchev–Trinajstić information content (AvgIpc) is 2.73. The van der Waals surface area contributed by atoms with Crippen LogP contribution in [0.25, 0.3) is 0 Å². The van der Waals surface area contributed by atoms with Crippen LogP contribution in [0.5, 0.6) is 0 Å². The monoisotopic (exact) mass is 407 g/mol. The number of nitrogens with zero attached hydrogens (tertiary/aromatic N) is 2. The molecule has 0 aliphatic carbocycles. The van der Waals surface area contributed by atoms with Crippen LogP contribution in [0, 0.1) is 6.92 Å². The number of carbonyl (C=O) groups excluding carboxylic acids is 2.